The first kappa shape index (κ1) is 20.0. The summed E-state index contributed by atoms with van der Waals surface area (Å²) in [6, 6.07) is 12.7. The van der Waals surface area contributed by atoms with Crippen LogP contribution in [0.5, 0.6) is 11.5 Å². The van der Waals surface area contributed by atoms with Gasteiger partial charge in [-0.3, -0.25) is 9.36 Å². The maximum atomic E-state index is 12.7. The molecule has 0 saturated heterocycles. The molecule has 8 nitrogen and oxygen atoms in total. The number of para-hydroxylation sites is 1. The van der Waals surface area contributed by atoms with Gasteiger partial charge in [0, 0.05) is 12.6 Å². The summed E-state index contributed by atoms with van der Waals surface area (Å²) in [5.74, 6) is 2.50. The minimum Gasteiger partial charge on any atom is -0.497 e. The number of ether oxygens (including phenoxy) is 2. The highest BCUT2D eigenvalue weighted by molar-refractivity contribution is 7.98. The van der Waals surface area contributed by atoms with Crippen molar-refractivity contribution in [3.63, 3.8) is 0 Å². The molecule has 2 heterocycles. The zero-order valence-electron chi connectivity index (χ0n) is 16.8. The van der Waals surface area contributed by atoms with E-state index in [9.17, 15) is 4.79 Å². The molecule has 0 aliphatic rings. The third-order valence-electron chi connectivity index (χ3n) is 4.59. The molecule has 0 saturated carbocycles. The maximum Gasteiger partial charge on any atom is 0.262 e. The largest absolute Gasteiger partial charge is 0.497 e. The van der Waals surface area contributed by atoms with E-state index in [0.29, 0.717) is 57.1 Å². The molecular formula is C21H20N4O4S. The first-order chi connectivity index (χ1) is 14.6. The van der Waals surface area contributed by atoms with Gasteiger partial charge in [-0.25, -0.2) is 4.98 Å². The predicted octanol–water partition coefficient (Wildman–Crippen LogP) is 3.78. The Morgan fingerprint density at radius 3 is 2.70 bits per heavy atom. The van der Waals surface area contributed by atoms with Crippen LogP contribution < -0.4 is 15.0 Å². The lowest BCUT2D eigenvalue weighted by Gasteiger charge is -2.10. The molecule has 4 rings (SSSR count). The van der Waals surface area contributed by atoms with Crippen molar-refractivity contribution in [3.05, 3.63) is 58.7 Å². The fourth-order valence-corrected chi connectivity index (χ4v) is 3.97. The molecule has 0 amide bonds. The van der Waals surface area contributed by atoms with E-state index in [0.717, 1.165) is 0 Å². The van der Waals surface area contributed by atoms with Crippen LogP contribution in [0.1, 0.15) is 12.8 Å². The Morgan fingerprint density at radius 2 is 1.93 bits per heavy atom. The molecule has 0 bridgehead atoms. The second-order valence-electron chi connectivity index (χ2n) is 6.33. The van der Waals surface area contributed by atoms with Crippen molar-refractivity contribution in [2.45, 2.75) is 24.4 Å². The first-order valence-corrected chi connectivity index (χ1v) is 10.3. The summed E-state index contributed by atoms with van der Waals surface area (Å²) in [4.78, 5) is 21.8. The Kier molecular flexibility index (Phi) is 5.71. The lowest BCUT2D eigenvalue weighted by atomic mass is 10.2. The zero-order chi connectivity index (χ0) is 21.1. The molecule has 0 unspecified atom stereocenters. The second kappa shape index (κ2) is 8.58. The fourth-order valence-electron chi connectivity index (χ4n) is 3.07. The number of thioether (sulfide) groups is 1. The topological polar surface area (TPSA) is 92.3 Å². The normalized spacial score (nSPS) is 11.0. The van der Waals surface area contributed by atoms with Crippen LogP contribution in [0, 0.1) is 0 Å². The minimum atomic E-state index is -0.0558. The van der Waals surface area contributed by atoms with Crippen LogP contribution in [-0.2, 0) is 12.3 Å². The van der Waals surface area contributed by atoms with Crippen molar-refractivity contribution in [2.24, 2.45) is 0 Å². The molecule has 9 heteroatoms. The minimum absolute atomic E-state index is 0.0558. The van der Waals surface area contributed by atoms with Gasteiger partial charge in [-0.2, -0.15) is 4.98 Å². The van der Waals surface area contributed by atoms with E-state index in [-0.39, 0.29) is 5.56 Å². The zero-order valence-corrected chi connectivity index (χ0v) is 17.6. The molecule has 0 aliphatic carbocycles. The van der Waals surface area contributed by atoms with Crippen molar-refractivity contribution < 1.29 is 14.0 Å². The third-order valence-corrected chi connectivity index (χ3v) is 5.55. The Morgan fingerprint density at radius 1 is 1.10 bits per heavy atom. The molecule has 30 heavy (non-hydrogen) atoms. The molecule has 0 spiro atoms. The number of benzene rings is 2. The number of hydrogen-bond donors (Lipinski definition) is 0. The molecule has 0 N–H and O–H groups in total. The second-order valence-corrected chi connectivity index (χ2v) is 7.27. The van der Waals surface area contributed by atoms with Gasteiger partial charge in [0.2, 0.25) is 11.7 Å². The van der Waals surface area contributed by atoms with Gasteiger partial charge in [0.25, 0.3) is 5.56 Å². The smallest absolute Gasteiger partial charge is 0.262 e. The molecule has 154 valence electrons. The summed E-state index contributed by atoms with van der Waals surface area (Å²) in [7, 11) is 3.17. The van der Waals surface area contributed by atoms with E-state index in [1.54, 1.807) is 30.9 Å². The van der Waals surface area contributed by atoms with Crippen LogP contribution in [0.25, 0.3) is 22.3 Å². The number of aromatic nitrogens is 4. The van der Waals surface area contributed by atoms with Gasteiger partial charge < -0.3 is 14.0 Å². The van der Waals surface area contributed by atoms with E-state index in [1.165, 1.54) is 11.8 Å². The summed E-state index contributed by atoms with van der Waals surface area (Å²) in [6.45, 7) is 2.44. The van der Waals surface area contributed by atoms with Gasteiger partial charge in [-0.1, -0.05) is 29.1 Å². The van der Waals surface area contributed by atoms with Crippen molar-refractivity contribution in [1.82, 2.24) is 19.7 Å². The average Bonchev–Trinajstić information content (AvgIpc) is 3.26. The van der Waals surface area contributed by atoms with Crippen molar-refractivity contribution in [2.75, 3.05) is 14.2 Å². The highest BCUT2D eigenvalue weighted by atomic mass is 32.2. The van der Waals surface area contributed by atoms with Gasteiger partial charge in [-0.15, -0.1) is 0 Å². The van der Waals surface area contributed by atoms with Crippen molar-refractivity contribution in [1.29, 1.82) is 0 Å². The Balaban J connectivity index is 1.59. The summed E-state index contributed by atoms with van der Waals surface area (Å²) in [6.07, 6.45) is 0. The Labute approximate surface area is 176 Å². The van der Waals surface area contributed by atoms with Crippen LogP contribution in [0.2, 0.25) is 0 Å². The molecule has 0 radical (unpaired) electrons. The molecule has 4 aromatic rings. The summed E-state index contributed by atoms with van der Waals surface area (Å²) in [5, 5.41) is 5.28. The van der Waals surface area contributed by atoms with E-state index in [2.05, 4.69) is 15.1 Å². The van der Waals surface area contributed by atoms with Crippen molar-refractivity contribution in [3.8, 4) is 22.9 Å². The van der Waals surface area contributed by atoms with Gasteiger partial charge in [0.1, 0.15) is 11.5 Å². The standard InChI is InChI=1S/C21H20N4O4S/c1-4-25-20(26)14-7-5-6-8-16(14)22-21(25)30-12-18-23-19(24-29-18)15-10-9-13(27-2)11-17(15)28-3/h5-11H,4,12H2,1-3H3. The Hall–Kier alpha value is -3.33. The molecule has 2 aromatic heterocycles. The van der Waals surface area contributed by atoms with Gasteiger partial charge in [0.15, 0.2) is 5.16 Å². The van der Waals surface area contributed by atoms with Crippen LogP contribution in [0.15, 0.2) is 56.9 Å². The Bertz CT molecular complexity index is 1250. The van der Waals surface area contributed by atoms with E-state index in [1.807, 2.05) is 37.3 Å². The predicted molar refractivity (Wildman–Crippen MR) is 114 cm³/mol. The van der Waals surface area contributed by atoms with E-state index >= 15 is 0 Å². The summed E-state index contributed by atoms with van der Waals surface area (Å²) in [5.41, 5.74) is 1.32. The number of nitrogens with zero attached hydrogens (tertiary/aromatic N) is 4. The SMILES string of the molecule is CCn1c(SCc2nc(-c3ccc(OC)cc3OC)no2)nc2ccccc2c1=O. The molecule has 0 atom stereocenters. The van der Waals surface area contributed by atoms with Crippen LogP contribution in [0.4, 0.5) is 0 Å². The quantitative estimate of drug-likeness (QED) is 0.327. The first-order valence-electron chi connectivity index (χ1n) is 9.32. The van der Waals surface area contributed by atoms with E-state index in [4.69, 9.17) is 14.0 Å². The van der Waals surface area contributed by atoms with Crippen molar-refractivity contribution >= 4 is 22.7 Å². The monoisotopic (exact) mass is 424 g/mol. The van der Waals surface area contributed by atoms with Crippen LogP contribution >= 0.6 is 11.8 Å². The van der Waals surface area contributed by atoms with Gasteiger partial charge >= 0.3 is 0 Å². The molecule has 0 aliphatic heterocycles. The number of hydrogen-bond acceptors (Lipinski definition) is 8. The summed E-state index contributed by atoms with van der Waals surface area (Å²) < 4.78 is 17.7. The van der Waals surface area contributed by atoms with Crippen LogP contribution in [0.3, 0.4) is 0 Å². The highest BCUT2D eigenvalue weighted by Crippen LogP contribution is 2.32. The maximum absolute atomic E-state index is 12.7. The molecule has 2 aromatic carbocycles. The number of methoxy groups -OCH3 is 2. The number of rotatable bonds is 7. The molecular weight excluding hydrogens is 404 g/mol. The number of fused-ring (bicyclic) bond motifs is 1. The lowest BCUT2D eigenvalue weighted by Crippen LogP contribution is -2.22. The third kappa shape index (κ3) is 3.76. The van der Waals surface area contributed by atoms with Gasteiger partial charge in [0.05, 0.1) is 36.4 Å². The van der Waals surface area contributed by atoms with Gasteiger partial charge in [-0.05, 0) is 31.2 Å². The fraction of sp³-hybridized carbons (Fsp3) is 0.238. The lowest BCUT2D eigenvalue weighted by molar-refractivity contribution is 0.388. The highest BCUT2D eigenvalue weighted by Gasteiger charge is 2.16. The molecule has 0 fully saturated rings. The van der Waals surface area contributed by atoms with E-state index < -0.39 is 0 Å². The van der Waals surface area contributed by atoms with Crippen LogP contribution in [-0.4, -0.2) is 33.9 Å². The summed E-state index contributed by atoms with van der Waals surface area (Å²) >= 11 is 1.38. The average molecular weight is 424 g/mol.